The van der Waals surface area contributed by atoms with E-state index >= 15 is 0 Å². The molecule has 4 aliphatic rings. The third-order valence-electron chi connectivity index (χ3n) is 12.4. The van der Waals surface area contributed by atoms with Crippen LogP contribution in [0.5, 0.6) is 0 Å². The smallest absolute Gasteiger partial charge is 0.219 e. The van der Waals surface area contributed by atoms with Crippen LogP contribution in [0.15, 0.2) is 58.3 Å². The summed E-state index contributed by atoms with van der Waals surface area (Å²) in [6.45, 7) is 20.9. The first kappa shape index (κ1) is 43.5. The Bertz CT molecular complexity index is 1340. The number of nitrogens with zero attached hydrogens (tertiary/aromatic N) is 4. The number of likely N-dealkylation sites (tertiary alicyclic amines) is 2. The van der Waals surface area contributed by atoms with Gasteiger partial charge in [-0.1, -0.05) is 31.2 Å². The van der Waals surface area contributed by atoms with Gasteiger partial charge in [-0.3, -0.25) is 4.79 Å². The van der Waals surface area contributed by atoms with E-state index < -0.39 is 0 Å². The number of thioether (sulfide) groups is 2. The van der Waals surface area contributed by atoms with Crippen molar-refractivity contribution >= 4 is 29.4 Å². The van der Waals surface area contributed by atoms with Crippen molar-refractivity contribution in [2.75, 3.05) is 110 Å². The van der Waals surface area contributed by atoms with Crippen molar-refractivity contribution in [3.05, 3.63) is 59.7 Å². The van der Waals surface area contributed by atoms with Gasteiger partial charge in [0, 0.05) is 73.6 Å². The summed E-state index contributed by atoms with van der Waals surface area (Å²) in [4.78, 5) is 24.4. The molecule has 1 amide bonds. The van der Waals surface area contributed by atoms with Gasteiger partial charge in [0.05, 0.1) is 0 Å². The van der Waals surface area contributed by atoms with Crippen molar-refractivity contribution in [2.45, 2.75) is 106 Å². The topological polar surface area (TPSA) is 48.5 Å². The van der Waals surface area contributed by atoms with E-state index in [2.05, 4.69) is 84.1 Å². The fourth-order valence-corrected chi connectivity index (χ4v) is 10.5. The van der Waals surface area contributed by atoms with Crippen LogP contribution in [0.1, 0.15) is 96.1 Å². The quantitative estimate of drug-likeness (QED) is 0.110. The largest absolute Gasteiger partial charge is 0.381 e. The molecule has 6 rings (SSSR count). The Hall–Kier alpha value is -1.59. The van der Waals surface area contributed by atoms with Gasteiger partial charge in [-0.25, -0.2) is 0 Å². The molecule has 0 bridgehead atoms. The first-order chi connectivity index (χ1) is 26.3. The highest BCUT2D eigenvalue weighted by Crippen LogP contribution is 2.38. The zero-order valence-corrected chi connectivity index (χ0v) is 36.0. The fourth-order valence-electron chi connectivity index (χ4n) is 8.82. The fraction of sp³-hybridized carbons (Fsp3) is 0.711. The number of hydrogen-bond acceptors (Lipinski definition) is 8. The molecule has 0 saturated carbocycles. The summed E-state index contributed by atoms with van der Waals surface area (Å²) in [6.07, 6.45) is 12.4. The highest BCUT2D eigenvalue weighted by atomic mass is 32.2. The molecule has 302 valence electrons. The lowest BCUT2D eigenvalue weighted by atomic mass is 9.73. The number of carbonyl (C=O) groups excluding carboxylic acids is 1. The van der Waals surface area contributed by atoms with E-state index in [-0.39, 0.29) is 16.7 Å². The lowest BCUT2D eigenvalue weighted by Crippen LogP contribution is -2.46. The van der Waals surface area contributed by atoms with Gasteiger partial charge in [0.25, 0.3) is 0 Å². The minimum absolute atomic E-state index is 0.0267. The minimum Gasteiger partial charge on any atom is -0.381 e. The van der Waals surface area contributed by atoms with Crippen molar-refractivity contribution in [3.8, 4) is 0 Å². The molecule has 4 fully saturated rings. The van der Waals surface area contributed by atoms with Gasteiger partial charge in [-0.05, 0) is 171 Å². The summed E-state index contributed by atoms with van der Waals surface area (Å²) in [6, 6.07) is 18.6. The predicted octanol–water partition coefficient (Wildman–Crippen LogP) is 8.45. The number of carbonyl (C=O) groups is 1. The van der Waals surface area contributed by atoms with Crippen LogP contribution >= 0.6 is 23.5 Å². The molecular weight excluding hydrogens is 709 g/mol. The van der Waals surface area contributed by atoms with Crippen LogP contribution in [0.2, 0.25) is 0 Å². The number of amides is 1. The molecule has 4 saturated heterocycles. The van der Waals surface area contributed by atoms with E-state index in [1.165, 1.54) is 110 Å². The third-order valence-corrected chi connectivity index (χ3v) is 14.6. The van der Waals surface area contributed by atoms with Crippen molar-refractivity contribution in [2.24, 2.45) is 0 Å². The minimum atomic E-state index is 0.0267. The van der Waals surface area contributed by atoms with Gasteiger partial charge in [-0.15, -0.1) is 23.5 Å². The van der Waals surface area contributed by atoms with E-state index in [0.29, 0.717) is 0 Å². The lowest BCUT2D eigenvalue weighted by molar-refractivity contribution is -0.130. The van der Waals surface area contributed by atoms with Crippen molar-refractivity contribution < 1.29 is 14.3 Å². The molecule has 54 heavy (non-hydrogen) atoms. The van der Waals surface area contributed by atoms with Crippen LogP contribution in [0.3, 0.4) is 0 Å². The van der Waals surface area contributed by atoms with E-state index in [4.69, 9.17) is 9.47 Å². The van der Waals surface area contributed by atoms with Crippen LogP contribution in [0.25, 0.3) is 0 Å². The SMILES string of the molecule is CCN(C)CC1(c2ccc(SCCCN3CCCC3)cc2)CCOCC1.CCN(CC1(c2ccc(SCCCN3CCCC3)cc2)CCOCC1)C(C)=O. The summed E-state index contributed by atoms with van der Waals surface area (Å²) >= 11 is 3.98. The van der Waals surface area contributed by atoms with Crippen LogP contribution in [0.4, 0.5) is 0 Å². The molecule has 0 unspecified atom stereocenters. The first-order valence-corrected chi connectivity index (χ1v) is 23.3. The Morgan fingerprint density at radius 2 is 1.06 bits per heavy atom. The average molecular weight is 781 g/mol. The number of likely N-dealkylation sites (N-methyl/N-ethyl adjacent to an activating group) is 2. The number of ether oxygens (including phenoxy) is 2. The number of rotatable bonds is 18. The van der Waals surface area contributed by atoms with Crippen LogP contribution in [-0.4, -0.2) is 136 Å². The standard InChI is InChI=1S/C23H36N2O2S.C22H36N2OS/c1-3-25(20(2)26)19-23(11-16-27-17-12-23)21-7-9-22(10-8-21)28-18-6-15-24-13-4-5-14-24;1-3-23(2)19-22(11-16-25-17-12-22)20-7-9-21(10-8-20)26-18-6-15-24-13-4-5-14-24/h7-10H,3-6,11-19H2,1-2H3;7-10H,3-6,11-19H2,1-2H3. The third kappa shape index (κ3) is 13.2. The van der Waals surface area contributed by atoms with Gasteiger partial charge in [0.1, 0.15) is 0 Å². The second kappa shape index (κ2) is 23.0. The molecule has 0 atom stereocenters. The number of benzene rings is 2. The second-order valence-corrected chi connectivity index (χ2v) is 18.5. The molecule has 7 nitrogen and oxygen atoms in total. The van der Waals surface area contributed by atoms with Gasteiger partial charge in [0.2, 0.25) is 5.91 Å². The summed E-state index contributed by atoms with van der Waals surface area (Å²) in [7, 11) is 2.24. The van der Waals surface area contributed by atoms with Gasteiger partial charge < -0.3 is 29.1 Å². The molecule has 0 radical (unpaired) electrons. The van der Waals surface area contributed by atoms with Crippen LogP contribution < -0.4 is 0 Å². The van der Waals surface area contributed by atoms with Gasteiger partial charge >= 0.3 is 0 Å². The summed E-state index contributed by atoms with van der Waals surface area (Å²) in [5.41, 5.74) is 3.15. The molecule has 2 aromatic rings. The molecule has 2 aromatic carbocycles. The van der Waals surface area contributed by atoms with Crippen molar-refractivity contribution in [1.82, 2.24) is 19.6 Å². The molecule has 0 aliphatic carbocycles. The van der Waals surface area contributed by atoms with Crippen molar-refractivity contribution in [3.63, 3.8) is 0 Å². The van der Waals surface area contributed by atoms with Crippen LogP contribution in [-0.2, 0) is 25.1 Å². The highest BCUT2D eigenvalue weighted by molar-refractivity contribution is 7.99. The van der Waals surface area contributed by atoms with E-state index in [9.17, 15) is 4.79 Å². The maximum absolute atomic E-state index is 12.0. The molecule has 0 spiro atoms. The van der Waals surface area contributed by atoms with Gasteiger partial charge in [0.15, 0.2) is 0 Å². The molecule has 0 aromatic heterocycles. The molecule has 0 N–H and O–H groups in total. The summed E-state index contributed by atoms with van der Waals surface area (Å²) in [5, 5.41) is 0. The zero-order valence-electron chi connectivity index (χ0n) is 34.3. The monoisotopic (exact) mass is 781 g/mol. The first-order valence-electron chi connectivity index (χ1n) is 21.4. The molecular formula is C45H72N4O3S2. The predicted molar refractivity (Wildman–Crippen MR) is 229 cm³/mol. The molecule has 4 aliphatic heterocycles. The van der Waals surface area contributed by atoms with E-state index in [0.717, 1.165) is 78.3 Å². The Labute approximate surface area is 337 Å². The lowest BCUT2D eigenvalue weighted by Gasteiger charge is -2.41. The Morgan fingerprint density at radius 1 is 0.648 bits per heavy atom. The summed E-state index contributed by atoms with van der Waals surface area (Å²) in [5.74, 6) is 2.58. The Kier molecular flexibility index (Phi) is 18.5. The normalized spacial score (nSPS) is 20.2. The second-order valence-electron chi connectivity index (χ2n) is 16.2. The Morgan fingerprint density at radius 3 is 1.43 bits per heavy atom. The number of hydrogen-bond donors (Lipinski definition) is 0. The van der Waals surface area contributed by atoms with Crippen LogP contribution in [0, 0.1) is 0 Å². The summed E-state index contributed by atoms with van der Waals surface area (Å²) < 4.78 is 11.3. The zero-order chi connectivity index (χ0) is 38.1. The Balaban J connectivity index is 0.000000208. The van der Waals surface area contributed by atoms with Gasteiger partial charge in [-0.2, -0.15) is 0 Å². The van der Waals surface area contributed by atoms with E-state index in [1.807, 2.05) is 28.4 Å². The average Bonchev–Trinajstić information content (AvgIpc) is 3.94. The maximum atomic E-state index is 12.0. The maximum Gasteiger partial charge on any atom is 0.219 e. The van der Waals surface area contributed by atoms with Crippen molar-refractivity contribution in [1.29, 1.82) is 0 Å². The highest BCUT2D eigenvalue weighted by Gasteiger charge is 2.37. The molecule has 4 heterocycles. The van der Waals surface area contributed by atoms with E-state index in [1.54, 1.807) is 6.92 Å². The molecule has 9 heteroatoms.